The van der Waals surface area contributed by atoms with Crippen LogP contribution in [0, 0.1) is 6.92 Å². The van der Waals surface area contributed by atoms with Gasteiger partial charge in [-0.15, -0.1) is 0 Å². The summed E-state index contributed by atoms with van der Waals surface area (Å²) in [6, 6.07) is 8.56. The van der Waals surface area contributed by atoms with Crippen LogP contribution in [0.15, 0.2) is 30.6 Å². The quantitative estimate of drug-likeness (QED) is 0.758. The third-order valence-corrected chi connectivity index (χ3v) is 4.26. The third kappa shape index (κ3) is 3.50. The first-order valence-corrected chi connectivity index (χ1v) is 8.49. The molecule has 1 saturated heterocycles. The summed E-state index contributed by atoms with van der Waals surface area (Å²) in [4.78, 5) is 18.9. The van der Waals surface area contributed by atoms with Gasteiger partial charge in [0.05, 0.1) is 18.7 Å². The van der Waals surface area contributed by atoms with Gasteiger partial charge in [0.25, 0.3) is 0 Å². The average molecular weight is 352 g/mol. The summed E-state index contributed by atoms with van der Waals surface area (Å²) >= 11 is 0. The van der Waals surface area contributed by atoms with Crippen molar-refractivity contribution in [1.82, 2.24) is 19.9 Å². The number of anilines is 2. The lowest BCUT2D eigenvalue weighted by molar-refractivity contribution is 0.122. The van der Waals surface area contributed by atoms with Crippen molar-refractivity contribution in [3.8, 4) is 6.01 Å². The van der Waals surface area contributed by atoms with Crippen molar-refractivity contribution in [3.05, 3.63) is 41.7 Å². The Balaban J connectivity index is 1.69. The molecule has 4 rings (SSSR count). The zero-order chi connectivity index (χ0) is 17.9. The summed E-state index contributed by atoms with van der Waals surface area (Å²) in [6.07, 6.45) is 1.34. The maximum Gasteiger partial charge on any atom is 0.321 e. The molecule has 8 heteroatoms. The molecule has 0 unspecified atom stereocenters. The lowest BCUT2D eigenvalue weighted by Gasteiger charge is -2.29. The Labute approximate surface area is 151 Å². The molecule has 1 fully saturated rings. The van der Waals surface area contributed by atoms with E-state index in [2.05, 4.69) is 45.0 Å². The van der Waals surface area contributed by atoms with Crippen LogP contribution in [0.1, 0.15) is 11.1 Å². The zero-order valence-corrected chi connectivity index (χ0v) is 14.6. The second-order valence-electron chi connectivity index (χ2n) is 6.18. The highest BCUT2D eigenvalue weighted by Gasteiger charge is 2.18. The van der Waals surface area contributed by atoms with Gasteiger partial charge >= 0.3 is 6.01 Å². The molecule has 0 amide bonds. The number of aromatic nitrogens is 4. The minimum absolute atomic E-state index is 0.135. The average Bonchev–Trinajstić information content (AvgIpc) is 2.66. The number of morpholine rings is 1. The van der Waals surface area contributed by atoms with Crippen LogP contribution in [0.2, 0.25) is 0 Å². The first-order chi connectivity index (χ1) is 12.7. The Kier molecular flexibility index (Phi) is 4.49. The van der Waals surface area contributed by atoms with Gasteiger partial charge in [-0.3, -0.25) is 0 Å². The molecule has 0 radical (unpaired) electrons. The summed E-state index contributed by atoms with van der Waals surface area (Å²) in [6.45, 7) is 5.36. The predicted molar refractivity (Wildman–Crippen MR) is 98.1 cm³/mol. The summed E-state index contributed by atoms with van der Waals surface area (Å²) in [5.74, 6) is 1.04. The standard InChI is InChI=1S/C18H20N6O2/c1-12-2-3-15-13(8-12)9-14(10-26-18-21-11-20-17(19)23-18)16(22-15)24-4-6-25-7-5-24/h2-3,8-9,11H,4-7,10H2,1H3,(H2,19,20,21,23). The Morgan fingerprint density at radius 3 is 2.81 bits per heavy atom. The Hall–Kier alpha value is -3.00. The molecule has 8 nitrogen and oxygen atoms in total. The van der Waals surface area contributed by atoms with Gasteiger partial charge < -0.3 is 20.1 Å². The van der Waals surface area contributed by atoms with E-state index >= 15 is 0 Å². The van der Waals surface area contributed by atoms with E-state index in [0.717, 1.165) is 35.4 Å². The number of ether oxygens (including phenoxy) is 2. The van der Waals surface area contributed by atoms with Crippen LogP contribution in [-0.4, -0.2) is 46.2 Å². The van der Waals surface area contributed by atoms with Gasteiger partial charge in [0.2, 0.25) is 5.95 Å². The van der Waals surface area contributed by atoms with Crippen LogP contribution in [0.3, 0.4) is 0 Å². The fraction of sp³-hybridized carbons (Fsp3) is 0.333. The van der Waals surface area contributed by atoms with E-state index in [4.69, 9.17) is 20.2 Å². The van der Waals surface area contributed by atoms with E-state index in [1.165, 1.54) is 11.9 Å². The minimum atomic E-state index is 0.135. The van der Waals surface area contributed by atoms with Gasteiger partial charge in [0.15, 0.2) is 0 Å². The highest BCUT2D eigenvalue weighted by Crippen LogP contribution is 2.26. The first-order valence-electron chi connectivity index (χ1n) is 8.49. The van der Waals surface area contributed by atoms with E-state index in [9.17, 15) is 0 Å². The van der Waals surface area contributed by atoms with Gasteiger partial charge in [-0.25, -0.2) is 9.97 Å². The number of hydrogen-bond donors (Lipinski definition) is 1. The molecule has 0 spiro atoms. The number of rotatable bonds is 4. The van der Waals surface area contributed by atoms with Gasteiger partial charge in [-0.05, 0) is 25.1 Å². The van der Waals surface area contributed by atoms with Crippen LogP contribution in [0.4, 0.5) is 11.8 Å². The van der Waals surface area contributed by atoms with Crippen molar-refractivity contribution in [2.75, 3.05) is 36.9 Å². The molecule has 0 bridgehead atoms. The highest BCUT2D eigenvalue weighted by molar-refractivity contribution is 5.82. The summed E-state index contributed by atoms with van der Waals surface area (Å²) in [5.41, 5.74) is 8.72. The largest absolute Gasteiger partial charge is 0.458 e. The number of pyridine rings is 1. The predicted octanol–water partition coefficient (Wildman–Crippen LogP) is 1.73. The molecule has 1 aliphatic heterocycles. The number of nitrogens with two attached hydrogens (primary N) is 1. The van der Waals surface area contributed by atoms with E-state index < -0.39 is 0 Å². The Morgan fingerprint density at radius 1 is 1.15 bits per heavy atom. The molecule has 3 aromatic rings. The molecule has 1 aliphatic rings. The molecule has 1 aromatic carbocycles. The van der Waals surface area contributed by atoms with E-state index in [1.807, 2.05) is 6.07 Å². The van der Waals surface area contributed by atoms with Crippen molar-refractivity contribution in [3.63, 3.8) is 0 Å². The van der Waals surface area contributed by atoms with Crippen LogP contribution >= 0.6 is 0 Å². The monoisotopic (exact) mass is 352 g/mol. The maximum absolute atomic E-state index is 5.74. The number of aryl methyl sites for hydroxylation is 1. The third-order valence-electron chi connectivity index (χ3n) is 4.26. The van der Waals surface area contributed by atoms with Crippen molar-refractivity contribution < 1.29 is 9.47 Å². The van der Waals surface area contributed by atoms with Crippen LogP contribution in [-0.2, 0) is 11.3 Å². The Morgan fingerprint density at radius 2 is 2.00 bits per heavy atom. The van der Waals surface area contributed by atoms with E-state index in [1.54, 1.807) is 0 Å². The van der Waals surface area contributed by atoms with Gasteiger partial charge in [0, 0.05) is 24.0 Å². The number of hydrogen-bond acceptors (Lipinski definition) is 8. The first kappa shape index (κ1) is 16.5. The fourth-order valence-corrected chi connectivity index (χ4v) is 2.99. The Bertz CT molecular complexity index is 927. The molecule has 134 valence electrons. The molecule has 2 aromatic heterocycles. The van der Waals surface area contributed by atoms with Gasteiger partial charge in [-0.2, -0.15) is 9.97 Å². The SMILES string of the molecule is Cc1ccc2nc(N3CCOCC3)c(COc3ncnc(N)n3)cc2c1. The van der Waals surface area contributed by atoms with E-state index in [0.29, 0.717) is 19.8 Å². The normalized spacial score (nSPS) is 14.6. The van der Waals surface area contributed by atoms with Crippen molar-refractivity contribution in [1.29, 1.82) is 0 Å². The fourth-order valence-electron chi connectivity index (χ4n) is 2.99. The molecule has 3 heterocycles. The van der Waals surface area contributed by atoms with Crippen molar-refractivity contribution in [2.45, 2.75) is 13.5 Å². The number of fused-ring (bicyclic) bond motifs is 1. The molecule has 0 aliphatic carbocycles. The molecule has 2 N–H and O–H groups in total. The molecular formula is C18H20N6O2. The smallest absolute Gasteiger partial charge is 0.321 e. The van der Waals surface area contributed by atoms with Crippen molar-refractivity contribution >= 4 is 22.7 Å². The number of nitrogens with zero attached hydrogens (tertiary/aromatic N) is 5. The molecule has 26 heavy (non-hydrogen) atoms. The van der Waals surface area contributed by atoms with Gasteiger partial charge in [0.1, 0.15) is 18.8 Å². The second kappa shape index (κ2) is 7.09. The highest BCUT2D eigenvalue weighted by atomic mass is 16.5. The number of nitrogen functional groups attached to an aromatic ring is 1. The van der Waals surface area contributed by atoms with Crippen LogP contribution < -0.4 is 15.4 Å². The minimum Gasteiger partial charge on any atom is -0.458 e. The molecule has 0 saturated carbocycles. The van der Waals surface area contributed by atoms with Crippen LogP contribution in [0.25, 0.3) is 10.9 Å². The summed E-state index contributed by atoms with van der Waals surface area (Å²) in [5, 5.41) is 1.08. The molecule has 0 atom stereocenters. The van der Waals surface area contributed by atoms with Gasteiger partial charge in [-0.1, -0.05) is 11.6 Å². The van der Waals surface area contributed by atoms with Crippen LogP contribution in [0.5, 0.6) is 6.01 Å². The second-order valence-corrected chi connectivity index (χ2v) is 6.18. The summed E-state index contributed by atoms with van der Waals surface area (Å²) in [7, 11) is 0. The van der Waals surface area contributed by atoms with Crippen molar-refractivity contribution in [2.24, 2.45) is 0 Å². The lowest BCUT2D eigenvalue weighted by atomic mass is 10.1. The number of benzene rings is 1. The van der Waals surface area contributed by atoms with E-state index in [-0.39, 0.29) is 12.0 Å². The maximum atomic E-state index is 5.74. The summed E-state index contributed by atoms with van der Waals surface area (Å²) < 4.78 is 11.2. The topological polar surface area (TPSA) is 99.3 Å². The zero-order valence-electron chi connectivity index (χ0n) is 14.6. The molecular weight excluding hydrogens is 332 g/mol. The lowest BCUT2D eigenvalue weighted by Crippen LogP contribution is -2.37.